The van der Waals surface area contributed by atoms with Gasteiger partial charge in [0.2, 0.25) is 0 Å². The van der Waals surface area contributed by atoms with Crippen LogP contribution in [-0.4, -0.2) is 20.9 Å². The molecule has 0 saturated heterocycles. The van der Waals surface area contributed by atoms with Crippen molar-refractivity contribution in [3.63, 3.8) is 0 Å². The van der Waals surface area contributed by atoms with Crippen molar-refractivity contribution in [1.29, 1.82) is 0 Å². The highest BCUT2D eigenvalue weighted by atomic mass is 35.7. The lowest BCUT2D eigenvalue weighted by Gasteiger charge is -2.02. The number of rotatable bonds is 4. The van der Waals surface area contributed by atoms with Gasteiger partial charge in [0.05, 0.1) is 5.56 Å². The van der Waals surface area contributed by atoms with Crippen molar-refractivity contribution in [2.24, 2.45) is 0 Å². The first-order valence-corrected chi connectivity index (χ1v) is 7.87. The average Bonchev–Trinajstić information content (AvgIpc) is 2.56. The normalized spacial score (nSPS) is 11.4. The van der Waals surface area contributed by atoms with Gasteiger partial charge in [-0.15, -0.1) is 11.3 Å². The van der Waals surface area contributed by atoms with Crippen molar-refractivity contribution < 1.29 is 13.2 Å². The molecule has 1 rings (SSSR count). The van der Waals surface area contributed by atoms with Crippen LogP contribution in [0.3, 0.4) is 0 Å². The number of carbonyl (C=O) groups excluding carboxylic acids is 1. The first kappa shape index (κ1) is 13.5. The monoisotopic (exact) mass is 281 g/mol. The predicted molar refractivity (Wildman–Crippen MR) is 64.7 cm³/mol. The molecule has 16 heavy (non-hydrogen) atoms. The van der Waals surface area contributed by atoms with Crippen LogP contribution in [0.25, 0.3) is 0 Å². The van der Waals surface area contributed by atoms with Gasteiger partial charge in [0.1, 0.15) is 4.21 Å². The molecular formula is C9H12ClNO3S2. The third-order valence-corrected chi connectivity index (χ3v) is 5.30. The first-order valence-electron chi connectivity index (χ1n) is 4.69. The van der Waals surface area contributed by atoms with Gasteiger partial charge in [0.15, 0.2) is 0 Å². The van der Waals surface area contributed by atoms with Gasteiger partial charge >= 0.3 is 0 Å². The maximum absolute atomic E-state index is 11.6. The van der Waals surface area contributed by atoms with Gasteiger partial charge in [-0.25, -0.2) is 8.42 Å². The molecule has 1 amide bonds. The number of hydrogen-bond donors (Lipinski definition) is 1. The van der Waals surface area contributed by atoms with Crippen LogP contribution in [0, 0.1) is 6.92 Å². The molecule has 1 N–H and O–H groups in total. The second-order valence-electron chi connectivity index (χ2n) is 3.26. The Labute approximate surface area is 103 Å². The summed E-state index contributed by atoms with van der Waals surface area (Å²) in [6.07, 6.45) is 0.829. The molecule has 0 atom stereocenters. The molecule has 1 aromatic heterocycles. The minimum atomic E-state index is -3.76. The minimum Gasteiger partial charge on any atom is -0.352 e. The lowest BCUT2D eigenvalue weighted by Crippen LogP contribution is -2.24. The second-order valence-corrected chi connectivity index (χ2v) is 6.90. The highest BCUT2D eigenvalue weighted by Crippen LogP contribution is 2.29. The SMILES string of the molecule is CCCNC(=O)c1csc(S(=O)(=O)Cl)c1C. The highest BCUT2D eigenvalue weighted by molar-refractivity contribution is 8.15. The molecule has 0 unspecified atom stereocenters. The second kappa shape index (κ2) is 5.16. The summed E-state index contributed by atoms with van der Waals surface area (Å²) in [6, 6.07) is 0. The Bertz CT molecular complexity index is 493. The Morgan fingerprint density at radius 3 is 2.62 bits per heavy atom. The van der Waals surface area contributed by atoms with E-state index in [9.17, 15) is 13.2 Å². The van der Waals surface area contributed by atoms with Crippen LogP contribution in [0.2, 0.25) is 0 Å². The van der Waals surface area contributed by atoms with Crippen LogP contribution in [-0.2, 0) is 9.05 Å². The average molecular weight is 282 g/mol. The van der Waals surface area contributed by atoms with Crippen molar-refractivity contribution in [1.82, 2.24) is 5.32 Å². The molecule has 4 nitrogen and oxygen atoms in total. The van der Waals surface area contributed by atoms with Crippen molar-refractivity contribution in [2.75, 3.05) is 6.54 Å². The Morgan fingerprint density at radius 1 is 1.56 bits per heavy atom. The van der Waals surface area contributed by atoms with E-state index < -0.39 is 9.05 Å². The molecule has 1 heterocycles. The molecule has 90 valence electrons. The number of carbonyl (C=O) groups is 1. The Morgan fingerprint density at radius 2 is 2.19 bits per heavy atom. The maximum Gasteiger partial charge on any atom is 0.271 e. The first-order chi connectivity index (χ1) is 7.38. The van der Waals surface area contributed by atoms with Gasteiger partial charge in [0.25, 0.3) is 15.0 Å². The Hall–Kier alpha value is -0.590. The summed E-state index contributed by atoms with van der Waals surface area (Å²) in [4.78, 5) is 11.6. The standard InChI is InChI=1S/C9H12ClNO3S2/c1-3-4-11-8(12)7-5-15-9(6(7)2)16(10,13)14/h5H,3-4H2,1-2H3,(H,11,12). The summed E-state index contributed by atoms with van der Waals surface area (Å²) < 4.78 is 22.3. The maximum atomic E-state index is 11.6. The van der Waals surface area contributed by atoms with Gasteiger partial charge in [-0.3, -0.25) is 4.79 Å². The van der Waals surface area contributed by atoms with E-state index in [1.54, 1.807) is 6.92 Å². The molecule has 0 saturated carbocycles. The fourth-order valence-corrected chi connectivity index (χ4v) is 3.75. The number of thiophene rings is 1. The lowest BCUT2D eigenvalue weighted by molar-refractivity contribution is 0.0953. The summed E-state index contributed by atoms with van der Waals surface area (Å²) in [5, 5.41) is 4.19. The Balaban J connectivity index is 3.01. The summed E-state index contributed by atoms with van der Waals surface area (Å²) in [6.45, 7) is 4.08. The van der Waals surface area contributed by atoms with Crippen LogP contribution in [0.4, 0.5) is 0 Å². The van der Waals surface area contributed by atoms with E-state index in [0.29, 0.717) is 17.7 Å². The zero-order valence-electron chi connectivity index (χ0n) is 8.91. The minimum absolute atomic E-state index is 0.0378. The van der Waals surface area contributed by atoms with Gasteiger partial charge in [-0.1, -0.05) is 6.92 Å². The quantitative estimate of drug-likeness (QED) is 0.860. The van der Waals surface area contributed by atoms with Crippen LogP contribution >= 0.6 is 22.0 Å². The fourth-order valence-electron chi connectivity index (χ4n) is 1.20. The lowest BCUT2D eigenvalue weighted by atomic mass is 10.2. The molecule has 0 aliphatic rings. The van der Waals surface area contributed by atoms with Crippen molar-refractivity contribution in [2.45, 2.75) is 24.5 Å². The van der Waals surface area contributed by atoms with E-state index >= 15 is 0 Å². The molecule has 0 bridgehead atoms. The van der Waals surface area contributed by atoms with E-state index in [-0.39, 0.29) is 10.1 Å². The molecule has 0 fully saturated rings. The van der Waals surface area contributed by atoms with Crippen LogP contribution in [0.1, 0.15) is 29.3 Å². The molecule has 7 heteroatoms. The summed E-state index contributed by atoms with van der Waals surface area (Å²) in [5.41, 5.74) is 0.784. The van der Waals surface area contributed by atoms with Gasteiger partial charge in [-0.05, 0) is 18.9 Å². The summed E-state index contributed by atoms with van der Waals surface area (Å²) >= 11 is 0.964. The van der Waals surface area contributed by atoms with Crippen molar-refractivity contribution in [3.05, 3.63) is 16.5 Å². The van der Waals surface area contributed by atoms with Gasteiger partial charge in [0, 0.05) is 22.6 Å². The third kappa shape index (κ3) is 2.96. The molecule has 1 aromatic rings. The van der Waals surface area contributed by atoms with E-state index in [0.717, 1.165) is 17.8 Å². The fraction of sp³-hybridized carbons (Fsp3) is 0.444. The zero-order valence-corrected chi connectivity index (χ0v) is 11.3. The van der Waals surface area contributed by atoms with Crippen LogP contribution in [0.5, 0.6) is 0 Å². The molecule has 0 aliphatic carbocycles. The highest BCUT2D eigenvalue weighted by Gasteiger charge is 2.21. The zero-order chi connectivity index (χ0) is 12.3. The smallest absolute Gasteiger partial charge is 0.271 e. The molecule has 0 radical (unpaired) electrons. The molecule has 0 spiro atoms. The molecular weight excluding hydrogens is 270 g/mol. The summed E-state index contributed by atoms with van der Waals surface area (Å²) in [5.74, 6) is -0.262. The van der Waals surface area contributed by atoms with Gasteiger partial charge in [-0.2, -0.15) is 0 Å². The van der Waals surface area contributed by atoms with E-state index in [4.69, 9.17) is 10.7 Å². The number of amides is 1. The molecule has 0 aliphatic heterocycles. The van der Waals surface area contributed by atoms with Crippen molar-refractivity contribution in [3.8, 4) is 0 Å². The Kier molecular flexibility index (Phi) is 4.35. The predicted octanol–water partition coefficient (Wildman–Crippen LogP) is 2.12. The van der Waals surface area contributed by atoms with Crippen LogP contribution < -0.4 is 5.32 Å². The third-order valence-electron chi connectivity index (χ3n) is 2.00. The largest absolute Gasteiger partial charge is 0.352 e. The van der Waals surface area contributed by atoms with E-state index in [2.05, 4.69) is 5.32 Å². The van der Waals surface area contributed by atoms with Crippen molar-refractivity contribution >= 4 is 37.0 Å². The number of nitrogens with one attached hydrogen (secondary N) is 1. The topological polar surface area (TPSA) is 63.2 Å². The number of hydrogen-bond acceptors (Lipinski definition) is 4. The van der Waals surface area contributed by atoms with Crippen LogP contribution in [0.15, 0.2) is 9.59 Å². The van der Waals surface area contributed by atoms with Gasteiger partial charge < -0.3 is 5.32 Å². The van der Waals surface area contributed by atoms with E-state index in [1.807, 2.05) is 6.92 Å². The molecule has 0 aromatic carbocycles. The van der Waals surface area contributed by atoms with E-state index in [1.165, 1.54) is 5.38 Å². The number of halogens is 1. The summed E-state index contributed by atoms with van der Waals surface area (Å²) in [7, 11) is 1.48.